The summed E-state index contributed by atoms with van der Waals surface area (Å²) in [6, 6.07) is 3.78. The first-order valence-corrected chi connectivity index (χ1v) is 7.71. The van der Waals surface area contributed by atoms with E-state index >= 15 is 0 Å². The Labute approximate surface area is 118 Å². The van der Waals surface area contributed by atoms with Crippen LogP contribution >= 0.6 is 11.3 Å². The van der Waals surface area contributed by atoms with E-state index in [-0.39, 0.29) is 11.8 Å². The number of rotatable bonds is 5. The molecule has 1 fully saturated rings. The Hall–Kier alpha value is -0.910. The molecule has 4 nitrogen and oxygen atoms in total. The summed E-state index contributed by atoms with van der Waals surface area (Å²) in [5, 5.41) is 2.94. The molecule has 1 unspecified atom stereocenters. The lowest BCUT2D eigenvalue weighted by Gasteiger charge is -2.26. The molecule has 0 bridgehead atoms. The fourth-order valence-corrected chi connectivity index (χ4v) is 3.19. The van der Waals surface area contributed by atoms with E-state index in [0.717, 1.165) is 32.5 Å². The van der Waals surface area contributed by atoms with Crippen molar-refractivity contribution in [2.45, 2.75) is 38.8 Å². The third-order valence-corrected chi connectivity index (χ3v) is 4.81. The van der Waals surface area contributed by atoms with Crippen LogP contribution in [0.15, 0.2) is 12.1 Å². The molecule has 0 radical (unpaired) electrons. The molecule has 1 atom stereocenters. The van der Waals surface area contributed by atoms with E-state index in [1.807, 2.05) is 0 Å². The maximum atomic E-state index is 12.0. The van der Waals surface area contributed by atoms with Gasteiger partial charge in [-0.25, -0.2) is 0 Å². The quantitative estimate of drug-likeness (QED) is 0.863. The predicted octanol–water partition coefficient (Wildman–Crippen LogP) is 1.68. The molecule has 1 aliphatic rings. The van der Waals surface area contributed by atoms with Gasteiger partial charge in [0.2, 0.25) is 5.91 Å². The maximum absolute atomic E-state index is 12.0. The Morgan fingerprint density at radius 2 is 2.16 bits per heavy atom. The van der Waals surface area contributed by atoms with E-state index in [1.165, 1.54) is 9.75 Å². The number of ether oxygens (including phenoxy) is 1. The molecule has 2 heterocycles. The standard InChI is InChI=1S/C14H22N2O2S/c1-2-11-3-4-12(19-11)9-16-14(17)13(15)10-5-7-18-8-6-10/h3-4,10,13H,2,5-9,15H2,1H3,(H,16,17). The highest BCUT2D eigenvalue weighted by molar-refractivity contribution is 7.11. The predicted molar refractivity (Wildman–Crippen MR) is 77.1 cm³/mol. The van der Waals surface area contributed by atoms with Gasteiger partial charge in [-0.15, -0.1) is 11.3 Å². The van der Waals surface area contributed by atoms with Crippen molar-refractivity contribution in [2.24, 2.45) is 11.7 Å². The van der Waals surface area contributed by atoms with Crippen molar-refractivity contribution in [1.29, 1.82) is 0 Å². The number of carbonyl (C=O) groups is 1. The van der Waals surface area contributed by atoms with Gasteiger partial charge in [-0.1, -0.05) is 6.92 Å². The second-order valence-corrected chi connectivity index (χ2v) is 6.17. The van der Waals surface area contributed by atoms with Crippen LogP contribution in [0.2, 0.25) is 0 Å². The Morgan fingerprint density at radius 1 is 1.47 bits per heavy atom. The second kappa shape index (κ2) is 7.03. The minimum absolute atomic E-state index is 0.0432. The molecular formula is C14H22N2O2S. The first kappa shape index (κ1) is 14.5. The van der Waals surface area contributed by atoms with Gasteiger partial charge in [-0.05, 0) is 37.3 Å². The summed E-state index contributed by atoms with van der Waals surface area (Å²) in [6.45, 7) is 4.16. The average molecular weight is 282 g/mol. The van der Waals surface area contributed by atoms with Crippen molar-refractivity contribution >= 4 is 17.2 Å². The van der Waals surface area contributed by atoms with Gasteiger partial charge >= 0.3 is 0 Å². The van der Waals surface area contributed by atoms with Crippen molar-refractivity contribution < 1.29 is 9.53 Å². The SMILES string of the molecule is CCc1ccc(CNC(=O)C(N)C2CCOCC2)s1. The topological polar surface area (TPSA) is 64.4 Å². The molecule has 19 heavy (non-hydrogen) atoms. The van der Waals surface area contributed by atoms with Crippen LogP contribution in [0, 0.1) is 5.92 Å². The second-order valence-electron chi connectivity index (χ2n) is 4.91. The molecule has 106 valence electrons. The van der Waals surface area contributed by atoms with Crippen LogP contribution in [0.25, 0.3) is 0 Å². The fraction of sp³-hybridized carbons (Fsp3) is 0.643. The lowest BCUT2D eigenvalue weighted by atomic mass is 9.92. The zero-order chi connectivity index (χ0) is 13.7. The number of amides is 1. The number of aryl methyl sites for hydroxylation is 1. The van der Waals surface area contributed by atoms with E-state index in [4.69, 9.17) is 10.5 Å². The molecule has 2 rings (SSSR count). The highest BCUT2D eigenvalue weighted by Crippen LogP contribution is 2.19. The van der Waals surface area contributed by atoms with Crippen molar-refractivity contribution in [1.82, 2.24) is 5.32 Å². The summed E-state index contributed by atoms with van der Waals surface area (Å²) >= 11 is 1.75. The van der Waals surface area contributed by atoms with Crippen LogP contribution in [0.3, 0.4) is 0 Å². The van der Waals surface area contributed by atoms with Crippen LogP contribution in [0.5, 0.6) is 0 Å². The van der Waals surface area contributed by atoms with Crippen LogP contribution in [-0.2, 0) is 22.5 Å². The Morgan fingerprint density at radius 3 is 2.79 bits per heavy atom. The summed E-state index contributed by atoms with van der Waals surface area (Å²) in [6.07, 6.45) is 2.81. The van der Waals surface area contributed by atoms with E-state index in [2.05, 4.69) is 24.4 Å². The highest BCUT2D eigenvalue weighted by Gasteiger charge is 2.26. The number of nitrogens with two attached hydrogens (primary N) is 1. The maximum Gasteiger partial charge on any atom is 0.237 e. The molecule has 0 spiro atoms. The Balaban J connectivity index is 1.79. The molecule has 3 N–H and O–H groups in total. The Bertz CT molecular complexity index is 413. The fourth-order valence-electron chi connectivity index (χ4n) is 2.29. The van der Waals surface area contributed by atoms with Crippen LogP contribution in [0.4, 0.5) is 0 Å². The van der Waals surface area contributed by atoms with Crippen molar-refractivity contribution in [2.75, 3.05) is 13.2 Å². The molecule has 1 aromatic heterocycles. The molecule has 1 saturated heterocycles. The molecule has 1 aromatic rings. The molecule has 1 amide bonds. The monoisotopic (exact) mass is 282 g/mol. The summed E-state index contributed by atoms with van der Waals surface area (Å²) in [7, 11) is 0. The smallest absolute Gasteiger partial charge is 0.237 e. The van der Waals surface area contributed by atoms with Gasteiger partial charge in [0, 0.05) is 23.0 Å². The van der Waals surface area contributed by atoms with Crippen LogP contribution < -0.4 is 11.1 Å². The van der Waals surface area contributed by atoms with E-state index in [0.29, 0.717) is 6.54 Å². The lowest BCUT2D eigenvalue weighted by molar-refractivity contribution is -0.124. The van der Waals surface area contributed by atoms with Gasteiger partial charge in [0.15, 0.2) is 0 Å². The summed E-state index contributed by atoms with van der Waals surface area (Å²) in [4.78, 5) is 14.5. The molecule has 0 aliphatic carbocycles. The Kier molecular flexibility index (Phi) is 5.36. The lowest BCUT2D eigenvalue weighted by Crippen LogP contribution is -2.46. The van der Waals surface area contributed by atoms with Gasteiger partial charge in [-0.2, -0.15) is 0 Å². The van der Waals surface area contributed by atoms with Gasteiger partial charge < -0.3 is 15.8 Å². The molecule has 0 saturated carbocycles. The molecule has 0 aromatic carbocycles. The molecule has 1 aliphatic heterocycles. The van der Waals surface area contributed by atoms with Crippen LogP contribution in [-0.4, -0.2) is 25.2 Å². The summed E-state index contributed by atoms with van der Waals surface area (Å²) in [5.41, 5.74) is 6.02. The molecule has 5 heteroatoms. The number of hydrogen-bond acceptors (Lipinski definition) is 4. The third kappa shape index (κ3) is 4.03. The number of carbonyl (C=O) groups excluding carboxylic acids is 1. The number of nitrogens with one attached hydrogen (secondary N) is 1. The van der Waals surface area contributed by atoms with Gasteiger partial charge in [0.25, 0.3) is 0 Å². The van der Waals surface area contributed by atoms with Crippen molar-refractivity contribution in [3.05, 3.63) is 21.9 Å². The van der Waals surface area contributed by atoms with Crippen molar-refractivity contribution in [3.8, 4) is 0 Å². The molecular weight excluding hydrogens is 260 g/mol. The summed E-state index contributed by atoms with van der Waals surface area (Å²) < 4.78 is 5.29. The zero-order valence-electron chi connectivity index (χ0n) is 11.4. The average Bonchev–Trinajstić information content (AvgIpc) is 2.93. The normalized spacial score (nSPS) is 18.2. The number of hydrogen-bond donors (Lipinski definition) is 2. The first-order chi connectivity index (χ1) is 9.20. The highest BCUT2D eigenvalue weighted by atomic mass is 32.1. The minimum Gasteiger partial charge on any atom is -0.381 e. The van der Waals surface area contributed by atoms with Gasteiger partial charge in [0.1, 0.15) is 0 Å². The number of thiophene rings is 1. The van der Waals surface area contributed by atoms with Crippen LogP contribution in [0.1, 0.15) is 29.5 Å². The summed E-state index contributed by atoms with van der Waals surface area (Å²) in [5.74, 6) is 0.210. The van der Waals surface area contributed by atoms with Crippen molar-refractivity contribution in [3.63, 3.8) is 0 Å². The largest absolute Gasteiger partial charge is 0.381 e. The van der Waals surface area contributed by atoms with E-state index < -0.39 is 6.04 Å². The zero-order valence-corrected chi connectivity index (χ0v) is 12.2. The van der Waals surface area contributed by atoms with E-state index in [1.54, 1.807) is 11.3 Å². The first-order valence-electron chi connectivity index (χ1n) is 6.89. The van der Waals surface area contributed by atoms with E-state index in [9.17, 15) is 4.79 Å². The third-order valence-electron chi connectivity index (χ3n) is 3.58. The van der Waals surface area contributed by atoms with Gasteiger partial charge in [0.05, 0.1) is 12.6 Å². The van der Waals surface area contributed by atoms with Gasteiger partial charge in [-0.3, -0.25) is 4.79 Å². The minimum atomic E-state index is -0.408.